The van der Waals surface area contributed by atoms with Crippen molar-refractivity contribution in [1.82, 2.24) is 10.1 Å². The van der Waals surface area contributed by atoms with E-state index in [1.54, 1.807) is 68.8 Å². The molecule has 2 aromatic heterocycles. The zero-order chi connectivity index (χ0) is 24.1. The lowest BCUT2D eigenvalue weighted by molar-refractivity contribution is 0.0430. The molecule has 0 aliphatic heterocycles. The summed E-state index contributed by atoms with van der Waals surface area (Å²) in [6, 6.07) is 15.5. The number of amides is 1. The van der Waals surface area contributed by atoms with E-state index in [-0.39, 0.29) is 29.8 Å². The topological polar surface area (TPSA) is 104 Å². The minimum atomic E-state index is -0.622. The molecule has 0 atom stereocenters. The predicted molar refractivity (Wildman–Crippen MR) is 125 cm³/mol. The van der Waals surface area contributed by atoms with Crippen LogP contribution in [0.25, 0.3) is 11.4 Å². The Kier molecular flexibility index (Phi) is 6.88. The van der Waals surface area contributed by atoms with Gasteiger partial charge in [-0.15, -0.1) is 11.3 Å². The van der Waals surface area contributed by atoms with Gasteiger partial charge in [0, 0.05) is 13.1 Å². The van der Waals surface area contributed by atoms with Gasteiger partial charge in [-0.25, -0.2) is 4.79 Å². The van der Waals surface area contributed by atoms with E-state index in [0.29, 0.717) is 27.6 Å². The van der Waals surface area contributed by atoms with Gasteiger partial charge in [0.25, 0.3) is 11.8 Å². The first kappa shape index (κ1) is 23.0. The molecule has 2 aromatic carbocycles. The fraction of sp³-hybridized carbons (Fsp3) is 0.167. The minimum absolute atomic E-state index is 0.113. The number of aromatic nitrogens is 2. The highest BCUT2D eigenvalue weighted by molar-refractivity contribution is 7.12. The molecule has 0 saturated heterocycles. The second-order valence-corrected chi connectivity index (χ2v) is 7.96. The molecule has 9 nitrogen and oxygen atoms in total. The van der Waals surface area contributed by atoms with Gasteiger partial charge in [-0.1, -0.05) is 23.4 Å². The molecule has 1 amide bonds. The Hall–Kier alpha value is -4.18. The maximum Gasteiger partial charge on any atom is 0.340 e. The lowest BCUT2D eigenvalue weighted by Gasteiger charge is -2.19. The van der Waals surface area contributed by atoms with Crippen molar-refractivity contribution in [3.8, 4) is 22.9 Å². The first-order valence-electron chi connectivity index (χ1n) is 10.1. The molecule has 4 aromatic rings. The Morgan fingerprint density at radius 3 is 2.62 bits per heavy atom. The van der Waals surface area contributed by atoms with Crippen LogP contribution in [0.1, 0.15) is 25.9 Å². The van der Waals surface area contributed by atoms with Crippen LogP contribution < -0.4 is 14.4 Å². The third-order valence-corrected chi connectivity index (χ3v) is 5.82. The molecule has 0 aliphatic rings. The lowest BCUT2D eigenvalue weighted by atomic mass is 10.1. The van der Waals surface area contributed by atoms with Crippen LogP contribution in [0.2, 0.25) is 0 Å². The van der Waals surface area contributed by atoms with Crippen LogP contribution in [-0.4, -0.2) is 43.3 Å². The van der Waals surface area contributed by atoms with Gasteiger partial charge in [0.2, 0.25) is 5.82 Å². The van der Waals surface area contributed by atoms with Crippen LogP contribution in [0, 0.1) is 0 Å². The number of benzene rings is 2. The van der Waals surface area contributed by atoms with Crippen molar-refractivity contribution in [2.24, 2.45) is 0 Å². The van der Waals surface area contributed by atoms with E-state index >= 15 is 0 Å². The summed E-state index contributed by atoms with van der Waals surface area (Å²) in [5.41, 5.74) is 1.27. The van der Waals surface area contributed by atoms with Crippen molar-refractivity contribution in [2.45, 2.75) is 6.61 Å². The zero-order valence-corrected chi connectivity index (χ0v) is 19.5. The summed E-state index contributed by atoms with van der Waals surface area (Å²) < 4.78 is 21.2. The molecule has 2 heterocycles. The smallest absolute Gasteiger partial charge is 0.340 e. The van der Waals surface area contributed by atoms with Crippen LogP contribution in [0.3, 0.4) is 0 Å². The van der Waals surface area contributed by atoms with Gasteiger partial charge in [0.1, 0.15) is 11.5 Å². The van der Waals surface area contributed by atoms with Crippen LogP contribution >= 0.6 is 11.3 Å². The maximum atomic E-state index is 12.8. The highest BCUT2D eigenvalue weighted by atomic mass is 32.1. The molecule has 0 aliphatic carbocycles. The molecule has 0 unspecified atom stereocenters. The molecular weight excluding hydrogens is 458 g/mol. The first-order chi connectivity index (χ1) is 16.5. The summed E-state index contributed by atoms with van der Waals surface area (Å²) in [7, 11) is 4.70. The molecule has 0 fully saturated rings. The Balaban J connectivity index is 1.48. The molecule has 34 heavy (non-hydrogen) atoms. The highest BCUT2D eigenvalue weighted by Crippen LogP contribution is 2.31. The number of para-hydroxylation sites is 1. The number of carbonyl (C=O) groups is 2. The number of thiophene rings is 1. The van der Waals surface area contributed by atoms with Crippen molar-refractivity contribution in [3.05, 3.63) is 76.3 Å². The fourth-order valence-corrected chi connectivity index (χ4v) is 3.92. The summed E-state index contributed by atoms with van der Waals surface area (Å²) in [6.45, 7) is -0.235. The Morgan fingerprint density at radius 2 is 1.88 bits per heavy atom. The number of esters is 1. The van der Waals surface area contributed by atoms with E-state index in [1.165, 1.54) is 23.3 Å². The van der Waals surface area contributed by atoms with Crippen LogP contribution in [-0.2, 0) is 11.3 Å². The molecule has 0 spiro atoms. The van der Waals surface area contributed by atoms with Crippen molar-refractivity contribution >= 4 is 28.9 Å². The SMILES string of the molecule is COc1ccc(-c2noc(COC(=O)c3ccccc3N(C)C(=O)c3cccs3)n2)c(OC)c1. The third kappa shape index (κ3) is 4.76. The third-order valence-electron chi connectivity index (χ3n) is 4.97. The standard InChI is InChI=1S/C24H21N3O6S/c1-27(23(28)20-9-6-12-34-20)18-8-5-4-7-16(18)24(29)32-14-21-25-22(26-33-21)17-11-10-15(30-2)13-19(17)31-3/h4-13H,14H2,1-3H3. The molecule has 0 N–H and O–H groups in total. The molecule has 174 valence electrons. The monoisotopic (exact) mass is 479 g/mol. The molecule has 0 radical (unpaired) electrons. The van der Waals surface area contributed by atoms with Crippen molar-refractivity contribution < 1.29 is 28.3 Å². The quantitative estimate of drug-likeness (QED) is 0.342. The van der Waals surface area contributed by atoms with E-state index in [1.807, 2.05) is 5.38 Å². The largest absolute Gasteiger partial charge is 0.497 e. The predicted octanol–water partition coefficient (Wildman–Crippen LogP) is 4.45. The van der Waals surface area contributed by atoms with E-state index in [4.69, 9.17) is 18.7 Å². The minimum Gasteiger partial charge on any atom is -0.497 e. The Bertz CT molecular complexity index is 1300. The lowest BCUT2D eigenvalue weighted by Crippen LogP contribution is -2.27. The first-order valence-corrected chi connectivity index (χ1v) is 11.0. The van der Waals surface area contributed by atoms with Gasteiger partial charge in [0.15, 0.2) is 6.61 Å². The number of hydrogen-bond acceptors (Lipinski definition) is 9. The average molecular weight is 480 g/mol. The Labute approximate surface area is 199 Å². The number of ether oxygens (including phenoxy) is 3. The van der Waals surface area contributed by atoms with E-state index < -0.39 is 5.97 Å². The number of nitrogens with zero attached hydrogens (tertiary/aromatic N) is 3. The van der Waals surface area contributed by atoms with Gasteiger partial charge in [0.05, 0.1) is 35.9 Å². The van der Waals surface area contributed by atoms with Gasteiger partial charge in [-0.3, -0.25) is 4.79 Å². The summed E-state index contributed by atoms with van der Waals surface area (Å²) in [5.74, 6) is 0.692. The second-order valence-electron chi connectivity index (χ2n) is 7.01. The second kappa shape index (κ2) is 10.2. The summed E-state index contributed by atoms with van der Waals surface area (Å²) in [4.78, 5) is 31.8. The summed E-state index contributed by atoms with van der Waals surface area (Å²) >= 11 is 1.33. The van der Waals surface area contributed by atoms with Crippen LogP contribution in [0.15, 0.2) is 64.5 Å². The van der Waals surface area contributed by atoms with Crippen LogP contribution in [0.4, 0.5) is 5.69 Å². The molecule has 10 heteroatoms. The highest BCUT2D eigenvalue weighted by Gasteiger charge is 2.22. The molecular formula is C24H21N3O6S. The van der Waals surface area contributed by atoms with Crippen molar-refractivity contribution in [3.63, 3.8) is 0 Å². The van der Waals surface area contributed by atoms with E-state index in [2.05, 4.69) is 10.1 Å². The van der Waals surface area contributed by atoms with Crippen molar-refractivity contribution in [1.29, 1.82) is 0 Å². The Morgan fingerprint density at radius 1 is 1.06 bits per heavy atom. The number of methoxy groups -OCH3 is 2. The van der Waals surface area contributed by atoms with Gasteiger partial charge >= 0.3 is 5.97 Å². The van der Waals surface area contributed by atoms with E-state index in [9.17, 15) is 9.59 Å². The molecule has 4 rings (SSSR count). The van der Waals surface area contributed by atoms with Gasteiger partial charge in [-0.05, 0) is 35.7 Å². The zero-order valence-electron chi connectivity index (χ0n) is 18.7. The molecule has 0 bridgehead atoms. The van der Waals surface area contributed by atoms with Gasteiger partial charge < -0.3 is 23.6 Å². The fourth-order valence-electron chi connectivity index (χ4n) is 3.22. The maximum absolute atomic E-state index is 12.8. The average Bonchev–Trinajstić information content (AvgIpc) is 3.58. The van der Waals surface area contributed by atoms with E-state index in [0.717, 1.165) is 0 Å². The number of anilines is 1. The van der Waals surface area contributed by atoms with Crippen LogP contribution in [0.5, 0.6) is 11.5 Å². The number of rotatable bonds is 8. The number of hydrogen-bond donors (Lipinski definition) is 0. The van der Waals surface area contributed by atoms with Crippen molar-refractivity contribution in [2.75, 3.05) is 26.2 Å². The van der Waals surface area contributed by atoms with Gasteiger partial charge in [-0.2, -0.15) is 4.98 Å². The summed E-state index contributed by atoms with van der Waals surface area (Å²) in [6.07, 6.45) is 0. The molecule has 0 saturated carbocycles. The normalized spacial score (nSPS) is 10.6. The number of carbonyl (C=O) groups excluding carboxylic acids is 2. The summed E-state index contributed by atoms with van der Waals surface area (Å²) in [5, 5.41) is 5.77.